The molecule has 1 heterocycles. The first kappa shape index (κ1) is 14.8. The predicted molar refractivity (Wildman–Crippen MR) is 76.6 cm³/mol. The lowest BCUT2D eigenvalue weighted by Gasteiger charge is -2.17. The van der Waals surface area contributed by atoms with Gasteiger partial charge < -0.3 is 14.5 Å². The van der Waals surface area contributed by atoms with Crippen molar-refractivity contribution in [1.29, 1.82) is 0 Å². The maximum absolute atomic E-state index is 12.1. The smallest absolute Gasteiger partial charge is 0.308 e. The van der Waals surface area contributed by atoms with E-state index in [2.05, 4.69) is 5.32 Å². The third kappa shape index (κ3) is 4.21. The van der Waals surface area contributed by atoms with Crippen LogP contribution in [-0.2, 0) is 9.53 Å². The number of ether oxygens (including phenoxy) is 1. The number of furan rings is 1. The van der Waals surface area contributed by atoms with E-state index < -0.39 is 6.04 Å². The summed E-state index contributed by atoms with van der Waals surface area (Å²) in [5.74, 6) is -0.510. The van der Waals surface area contributed by atoms with E-state index in [1.807, 2.05) is 30.3 Å². The van der Waals surface area contributed by atoms with Crippen LogP contribution in [0.15, 0.2) is 53.1 Å². The summed E-state index contributed by atoms with van der Waals surface area (Å²) in [6.07, 6.45) is 1.50. The van der Waals surface area contributed by atoms with Crippen LogP contribution in [0.25, 0.3) is 0 Å². The maximum Gasteiger partial charge on any atom is 0.308 e. The average Bonchev–Trinajstić information content (AvgIpc) is 3.02. The Labute approximate surface area is 122 Å². The molecule has 1 aromatic carbocycles. The second-order valence-corrected chi connectivity index (χ2v) is 4.42. The molecule has 2 aromatic rings. The Kier molecular flexibility index (Phi) is 5.15. The van der Waals surface area contributed by atoms with Crippen LogP contribution in [-0.4, -0.2) is 18.5 Å². The molecule has 110 valence electrons. The molecule has 1 aromatic heterocycles. The highest BCUT2D eigenvalue weighted by Gasteiger charge is 2.20. The van der Waals surface area contributed by atoms with E-state index in [1.165, 1.54) is 6.26 Å². The van der Waals surface area contributed by atoms with Gasteiger partial charge in [0.2, 0.25) is 0 Å². The molecule has 0 saturated carbocycles. The van der Waals surface area contributed by atoms with Crippen molar-refractivity contribution in [2.75, 3.05) is 6.61 Å². The van der Waals surface area contributed by atoms with Crippen LogP contribution in [0.2, 0.25) is 0 Å². The van der Waals surface area contributed by atoms with Crippen molar-refractivity contribution in [2.45, 2.75) is 19.4 Å². The van der Waals surface area contributed by atoms with E-state index in [0.717, 1.165) is 5.56 Å². The second kappa shape index (κ2) is 7.28. The highest BCUT2D eigenvalue weighted by Crippen LogP contribution is 2.18. The molecule has 0 saturated heterocycles. The molecule has 5 nitrogen and oxygen atoms in total. The lowest BCUT2D eigenvalue weighted by Crippen LogP contribution is -2.30. The fourth-order valence-corrected chi connectivity index (χ4v) is 1.96. The lowest BCUT2D eigenvalue weighted by molar-refractivity contribution is -0.143. The summed E-state index contributed by atoms with van der Waals surface area (Å²) in [6, 6.07) is 12.0. The monoisotopic (exact) mass is 287 g/mol. The van der Waals surface area contributed by atoms with Gasteiger partial charge >= 0.3 is 5.97 Å². The quantitative estimate of drug-likeness (QED) is 0.829. The topological polar surface area (TPSA) is 68.5 Å². The summed E-state index contributed by atoms with van der Waals surface area (Å²) in [6.45, 7) is 2.06. The van der Waals surface area contributed by atoms with E-state index in [0.29, 0.717) is 6.61 Å². The molecule has 0 aliphatic carbocycles. The first-order chi connectivity index (χ1) is 10.2. The van der Waals surface area contributed by atoms with Gasteiger partial charge in [0.25, 0.3) is 5.91 Å². The fourth-order valence-electron chi connectivity index (χ4n) is 1.96. The van der Waals surface area contributed by atoms with Crippen LogP contribution in [0.1, 0.15) is 35.5 Å². The largest absolute Gasteiger partial charge is 0.466 e. The van der Waals surface area contributed by atoms with E-state index in [9.17, 15) is 9.59 Å². The van der Waals surface area contributed by atoms with Crippen molar-refractivity contribution in [1.82, 2.24) is 5.32 Å². The number of hydrogen-bond acceptors (Lipinski definition) is 4. The molecule has 0 bridgehead atoms. The molecule has 2 rings (SSSR count). The first-order valence-electron chi connectivity index (χ1n) is 6.75. The Hall–Kier alpha value is -2.56. The molecule has 1 amide bonds. The predicted octanol–water partition coefficient (Wildman–Crippen LogP) is 2.70. The van der Waals surface area contributed by atoms with Gasteiger partial charge in [0.15, 0.2) is 5.76 Å². The number of carbonyl (C=O) groups excluding carboxylic acids is 2. The Morgan fingerprint density at radius 2 is 1.95 bits per heavy atom. The van der Waals surface area contributed by atoms with Gasteiger partial charge in [-0.1, -0.05) is 30.3 Å². The van der Waals surface area contributed by atoms with Gasteiger partial charge in [-0.2, -0.15) is 0 Å². The van der Waals surface area contributed by atoms with Crippen molar-refractivity contribution in [3.05, 3.63) is 60.1 Å². The van der Waals surface area contributed by atoms with Crippen molar-refractivity contribution in [2.24, 2.45) is 0 Å². The van der Waals surface area contributed by atoms with Crippen LogP contribution in [0.3, 0.4) is 0 Å². The van der Waals surface area contributed by atoms with E-state index in [4.69, 9.17) is 9.15 Å². The molecule has 0 fully saturated rings. The molecule has 0 radical (unpaired) electrons. The van der Waals surface area contributed by atoms with Crippen molar-refractivity contribution in [3.8, 4) is 0 Å². The number of carbonyl (C=O) groups is 2. The Morgan fingerprint density at radius 1 is 1.19 bits per heavy atom. The SMILES string of the molecule is CCOC(=O)CC(NC(=O)c1ccco1)c1ccccc1. The normalized spacial score (nSPS) is 11.7. The third-order valence-electron chi connectivity index (χ3n) is 2.93. The molecule has 1 atom stereocenters. The molecular formula is C16H17NO4. The van der Waals surface area contributed by atoms with E-state index in [1.54, 1.807) is 19.1 Å². The zero-order chi connectivity index (χ0) is 15.1. The van der Waals surface area contributed by atoms with Crippen LogP contribution < -0.4 is 5.32 Å². The van der Waals surface area contributed by atoms with E-state index in [-0.39, 0.29) is 24.1 Å². The first-order valence-corrected chi connectivity index (χ1v) is 6.75. The van der Waals surface area contributed by atoms with Gasteiger partial charge in [-0.05, 0) is 24.6 Å². The number of rotatable bonds is 6. The van der Waals surface area contributed by atoms with Crippen LogP contribution in [0, 0.1) is 0 Å². The summed E-state index contributed by atoms with van der Waals surface area (Å²) in [5.41, 5.74) is 0.838. The van der Waals surface area contributed by atoms with Gasteiger partial charge in [0, 0.05) is 0 Å². The molecular weight excluding hydrogens is 270 g/mol. The fraction of sp³-hybridized carbons (Fsp3) is 0.250. The number of esters is 1. The maximum atomic E-state index is 12.1. The van der Waals surface area contributed by atoms with Gasteiger partial charge in [-0.25, -0.2) is 0 Å². The highest BCUT2D eigenvalue weighted by atomic mass is 16.5. The number of nitrogens with one attached hydrogen (secondary N) is 1. The van der Waals surface area contributed by atoms with Gasteiger partial charge in [0.05, 0.1) is 25.3 Å². The van der Waals surface area contributed by atoms with Crippen LogP contribution in [0.4, 0.5) is 0 Å². The van der Waals surface area contributed by atoms with Gasteiger partial charge in [-0.3, -0.25) is 9.59 Å². The van der Waals surface area contributed by atoms with Crippen LogP contribution in [0.5, 0.6) is 0 Å². The van der Waals surface area contributed by atoms with Gasteiger partial charge in [0.1, 0.15) is 0 Å². The summed E-state index contributed by atoms with van der Waals surface area (Å²) in [5, 5.41) is 2.79. The number of benzene rings is 1. The van der Waals surface area contributed by atoms with Crippen LogP contribution >= 0.6 is 0 Å². The summed E-state index contributed by atoms with van der Waals surface area (Å²) in [4.78, 5) is 23.8. The molecule has 1 N–H and O–H groups in total. The summed E-state index contributed by atoms with van der Waals surface area (Å²) in [7, 11) is 0. The standard InChI is InChI=1S/C16H17NO4/c1-2-20-15(18)11-13(12-7-4-3-5-8-12)17-16(19)14-9-6-10-21-14/h3-10,13H,2,11H2,1H3,(H,17,19). The number of hydrogen-bond donors (Lipinski definition) is 1. The Balaban J connectivity index is 2.12. The molecule has 5 heteroatoms. The lowest BCUT2D eigenvalue weighted by atomic mass is 10.0. The van der Waals surface area contributed by atoms with E-state index >= 15 is 0 Å². The summed E-state index contributed by atoms with van der Waals surface area (Å²) >= 11 is 0. The molecule has 0 spiro atoms. The Bertz CT molecular complexity index is 578. The molecule has 0 aliphatic rings. The van der Waals surface area contributed by atoms with Crippen molar-refractivity contribution < 1.29 is 18.7 Å². The minimum atomic E-state index is -0.456. The average molecular weight is 287 g/mol. The minimum absolute atomic E-state index is 0.0737. The zero-order valence-electron chi connectivity index (χ0n) is 11.7. The Morgan fingerprint density at radius 3 is 2.57 bits per heavy atom. The third-order valence-corrected chi connectivity index (χ3v) is 2.93. The zero-order valence-corrected chi connectivity index (χ0v) is 11.7. The van der Waals surface area contributed by atoms with Crippen molar-refractivity contribution in [3.63, 3.8) is 0 Å². The summed E-state index contributed by atoms with van der Waals surface area (Å²) < 4.78 is 10.0. The molecule has 21 heavy (non-hydrogen) atoms. The molecule has 0 aliphatic heterocycles. The minimum Gasteiger partial charge on any atom is -0.466 e. The highest BCUT2D eigenvalue weighted by molar-refractivity contribution is 5.92. The second-order valence-electron chi connectivity index (χ2n) is 4.42. The van der Waals surface area contributed by atoms with Gasteiger partial charge in [-0.15, -0.1) is 0 Å². The molecule has 1 unspecified atom stereocenters. The van der Waals surface area contributed by atoms with Crippen molar-refractivity contribution >= 4 is 11.9 Å². The number of amides is 1.